The van der Waals surface area contributed by atoms with Crippen LogP contribution in [-0.4, -0.2) is 30.1 Å². The zero-order chi connectivity index (χ0) is 9.68. The monoisotopic (exact) mass is 181 g/mol. The molecule has 2 N–H and O–H groups in total. The Balaban J connectivity index is 2.31. The van der Waals surface area contributed by atoms with Crippen LogP contribution in [0.15, 0.2) is 0 Å². The highest BCUT2D eigenvalue weighted by atomic mass is 15.2. The van der Waals surface area contributed by atoms with Crippen molar-refractivity contribution in [2.24, 2.45) is 5.73 Å². The van der Waals surface area contributed by atoms with Crippen LogP contribution in [0.5, 0.6) is 0 Å². The van der Waals surface area contributed by atoms with Gasteiger partial charge in [-0.25, -0.2) is 0 Å². The van der Waals surface area contributed by atoms with Gasteiger partial charge in [0.15, 0.2) is 0 Å². The van der Waals surface area contributed by atoms with Gasteiger partial charge in [-0.2, -0.15) is 5.26 Å². The third-order valence-electron chi connectivity index (χ3n) is 2.64. The summed E-state index contributed by atoms with van der Waals surface area (Å²) in [5, 5.41) is 8.85. The van der Waals surface area contributed by atoms with Crippen molar-refractivity contribution in [3.05, 3.63) is 0 Å². The van der Waals surface area contributed by atoms with Gasteiger partial charge < -0.3 is 5.73 Å². The topological polar surface area (TPSA) is 53.0 Å². The average molecular weight is 181 g/mol. The van der Waals surface area contributed by atoms with Gasteiger partial charge in [-0.1, -0.05) is 13.3 Å². The standard InChI is InChI=1S/C10H19N3/c1-2-4-9(12)8-13-6-3-5-10(13)7-11/h9-10H,2-6,8,12H2,1H3. The molecule has 0 radical (unpaired) electrons. The van der Waals surface area contributed by atoms with Crippen molar-refractivity contribution in [3.63, 3.8) is 0 Å². The van der Waals surface area contributed by atoms with E-state index in [2.05, 4.69) is 17.9 Å². The minimum Gasteiger partial charge on any atom is -0.327 e. The summed E-state index contributed by atoms with van der Waals surface area (Å²) in [5.41, 5.74) is 5.93. The van der Waals surface area contributed by atoms with Gasteiger partial charge in [0, 0.05) is 12.6 Å². The third kappa shape index (κ3) is 2.98. The van der Waals surface area contributed by atoms with E-state index in [1.165, 1.54) is 0 Å². The van der Waals surface area contributed by atoms with Crippen molar-refractivity contribution in [1.82, 2.24) is 4.90 Å². The van der Waals surface area contributed by atoms with Gasteiger partial charge in [0.2, 0.25) is 0 Å². The second kappa shape index (κ2) is 5.21. The Labute approximate surface area is 80.5 Å². The van der Waals surface area contributed by atoms with Crippen molar-refractivity contribution in [2.75, 3.05) is 13.1 Å². The lowest BCUT2D eigenvalue weighted by atomic mass is 10.1. The Bertz CT molecular complexity index is 185. The molecule has 1 fully saturated rings. The normalized spacial score (nSPS) is 25.8. The van der Waals surface area contributed by atoms with E-state index in [0.29, 0.717) is 0 Å². The summed E-state index contributed by atoms with van der Waals surface area (Å²) in [6.07, 6.45) is 4.37. The molecule has 3 nitrogen and oxygen atoms in total. The van der Waals surface area contributed by atoms with Crippen LogP contribution in [-0.2, 0) is 0 Å². The van der Waals surface area contributed by atoms with Crippen LogP contribution in [0, 0.1) is 11.3 Å². The fourth-order valence-corrected chi connectivity index (χ4v) is 1.95. The summed E-state index contributed by atoms with van der Waals surface area (Å²) in [7, 11) is 0. The molecule has 0 bridgehead atoms. The summed E-state index contributed by atoms with van der Waals surface area (Å²) >= 11 is 0. The SMILES string of the molecule is CCCC(N)CN1CCCC1C#N. The maximum atomic E-state index is 8.85. The molecular weight excluding hydrogens is 162 g/mol. The quantitative estimate of drug-likeness (QED) is 0.706. The molecule has 13 heavy (non-hydrogen) atoms. The molecule has 2 atom stereocenters. The van der Waals surface area contributed by atoms with E-state index in [9.17, 15) is 0 Å². The number of nitrogens with zero attached hydrogens (tertiary/aromatic N) is 2. The minimum atomic E-state index is 0.128. The lowest BCUT2D eigenvalue weighted by Gasteiger charge is -2.22. The van der Waals surface area contributed by atoms with Crippen molar-refractivity contribution in [3.8, 4) is 6.07 Å². The predicted molar refractivity (Wildman–Crippen MR) is 53.1 cm³/mol. The molecule has 0 saturated carbocycles. The van der Waals surface area contributed by atoms with Crippen LogP contribution in [0.2, 0.25) is 0 Å². The Morgan fingerprint density at radius 1 is 1.69 bits per heavy atom. The Kier molecular flexibility index (Phi) is 4.20. The van der Waals surface area contributed by atoms with Crippen LogP contribution in [0.1, 0.15) is 32.6 Å². The molecule has 1 rings (SSSR count). The molecule has 0 amide bonds. The van der Waals surface area contributed by atoms with E-state index in [1.807, 2.05) is 0 Å². The summed E-state index contributed by atoms with van der Waals surface area (Å²) in [6.45, 7) is 4.09. The number of hydrogen-bond acceptors (Lipinski definition) is 3. The number of likely N-dealkylation sites (tertiary alicyclic amines) is 1. The van der Waals surface area contributed by atoms with Gasteiger partial charge in [0.1, 0.15) is 0 Å². The second-order valence-corrected chi connectivity index (χ2v) is 3.83. The Morgan fingerprint density at radius 3 is 3.08 bits per heavy atom. The lowest BCUT2D eigenvalue weighted by Crippen LogP contribution is -2.39. The number of nitrogens with two attached hydrogens (primary N) is 1. The zero-order valence-corrected chi connectivity index (χ0v) is 8.37. The molecule has 0 spiro atoms. The van der Waals surface area contributed by atoms with Gasteiger partial charge in [-0.05, 0) is 25.8 Å². The molecule has 1 aliphatic heterocycles. The number of nitriles is 1. The molecule has 1 saturated heterocycles. The molecule has 0 aromatic heterocycles. The maximum Gasteiger partial charge on any atom is 0.0978 e. The molecule has 3 heteroatoms. The Hall–Kier alpha value is -0.590. The van der Waals surface area contributed by atoms with Crippen LogP contribution in [0.4, 0.5) is 0 Å². The molecular formula is C10H19N3. The highest BCUT2D eigenvalue weighted by Gasteiger charge is 2.24. The molecule has 0 aliphatic carbocycles. The van der Waals surface area contributed by atoms with E-state index in [4.69, 9.17) is 11.0 Å². The first kappa shape index (κ1) is 10.5. The largest absolute Gasteiger partial charge is 0.327 e. The van der Waals surface area contributed by atoms with Crippen LogP contribution in [0.3, 0.4) is 0 Å². The first-order valence-corrected chi connectivity index (χ1v) is 5.17. The number of rotatable bonds is 4. The minimum absolute atomic E-state index is 0.128. The molecule has 0 aromatic rings. The molecule has 0 aromatic carbocycles. The van der Waals surface area contributed by atoms with Gasteiger partial charge in [0.05, 0.1) is 12.1 Å². The van der Waals surface area contributed by atoms with Crippen LogP contribution >= 0.6 is 0 Å². The number of hydrogen-bond donors (Lipinski definition) is 1. The smallest absolute Gasteiger partial charge is 0.0978 e. The Morgan fingerprint density at radius 2 is 2.46 bits per heavy atom. The van der Waals surface area contributed by atoms with Gasteiger partial charge >= 0.3 is 0 Å². The van der Waals surface area contributed by atoms with E-state index in [1.54, 1.807) is 0 Å². The molecule has 2 unspecified atom stereocenters. The van der Waals surface area contributed by atoms with Crippen molar-refractivity contribution >= 4 is 0 Å². The molecule has 1 aliphatic rings. The summed E-state index contributed by atoms with van der Waals surface area (Å²) in [4.78, 5) is 2.22. The van der Waals surface area contributed by atoms with Gasteiger partial charge in [0.25, 0.3) is 0 Å². The van der Waals surface area contributed by atoms with E-state index in [-0.39, 0.29) is 12.1 Å². The van der Waals surface area contributed by atoms with Gasteiger partial charge in [-0.3, -0.25) is 4.90 Å². The zero-order valence-electron chi connectivity index (χ0n) is 8.37. The van der Waals surface area contributed by atoms with Crippen LogP contribution in [0.25, 0.3) is 0 Å². The highest BCUT2D eigenvalue weighted by Crippen LogP contribution is 2.16. The fourth-order valence-electron chi connectivity index (χ4n) is 1.95. The highest BCUT2D eigenvalue weighted by molar-refractivity contribution is 4.96. The van der Waals surface area contributed by atoms with E-state index >= 15 is 0 Å². The van der Waals surface area contributed by atoms with Crippen molar-refractivity contribution < 1.29 is 0 Å². The first-order valence-electron chi connectivity index (χ1n) is 5.17. The van der Waals surface area contributed by atoms with E-state index < -0.39 is 0 Å². The van der Waals surface area contributed by atoms with Crippen molar-refractivity contribution in [1.29, 1.82) is 5.26 Å². The first-order chi connectivity index (χ1) is 6.27. The van der Waals surface area contributed by atoms with Gasteiger partial charge in [-0.15, -0.1) is 0 Å². The average Bonchev–Trinajstić information content (AvgIpc) is 2.52. The third-order valence-corrected chi connectivity index (χ3v) is 2.64. The maximum absolute atomic E-state index is 8.85. The molecule has 1 heterocycles. The fraction of sp³-hybridized carbons (Fsp3) is 0.900. The summed E-state index contributed by atoms with van der Waals surface area (Å²) in [6, 6.07) is 2.71. The molecule has 74 valence electrons. The van der Waals surface area contributed by atoms with Crippen molar-refractivity contribution in [2.45, 2.75) is 44.7 Å². The second-order valence-electron chi connectivity index (χ2n) is 3.83. The van der Waals surface area contributed by atoms with Crippen LogP contribution < -0.4 is 5.73 Å². The summed E-state index contributed by atoms with van der Waals surface area (Å²) in [5.74, 6) is 0. The summed E-state index contributed by atoms with van der Waals surface area (Å²) < 4.78 is 0. The lowest BCUT2D eigenvalue weighted by molar-refractivity contribution is 0.269. The van der Waals surface area contributed by atoms with E-state index in [0.717, 1.165) is 38.8 Å². The predicted octanol–water partition coefficient (Wildman–Crippen LogP) is 1.10.